The zero-order chi connectivity index (χ0) is 18.1. The first-order chi connectivity index (χ1) is 12.0. The largest absolute Gasteiger partial charge is 0.340 e. The van der Waals surface area contributed by atoms with E-state index in [1.54, 1.807) is 7.05 Å². The van der Waals surface area contributed by atoms with Gasteiger partial charge in [0.2, 0.25) is 5.95 Å². The van der Waals surface area contributed by atoms with Crippen LogP contribution in [0.2, 0.25) is 0 Å². The average Bonchev–Trinajstić information content (AvgIpc) is 2.99. The second-order valence-corrected chi connectivity index (χ2v) is 6.60. The third-order valence-corrected chi connectivity index (χ3v) is 4.61. The first-order valence-corrected chi connectivity index (χ1v) is 8.74. The normalized spacial score (nSPS) is 15.0. The van der Waals surface area contributed by atoms with Gasteiger partial charge in [0.25, 0.3) is 5.56 Å². The third kappa shape index (κ3) is 3.02. The van der Waals surface area contributed by atoms with Crippen molar-refractivity contribution >= 4 is 17.1 Å². The lowest BCUT2D eigenvalue weighted by Gasteiger charge is -2.28. The number of hydrogen-bond acceptors (Lipinski definition) is 5. The minimum absolute atomic E-state index is 0.267. The van der Waals surface area contributed by atoms with Crippen molar-refractivity contribution in [2.24, 2.45) is 7.05 Å². The molecule has 0 aromatic carbocycles. The molecule has 2 aromatic heterocycles. The van der Waals surface area contributed by atoms with Crippen LogP contribution in [0.4, 0.5) is 5.95 Å². The number of imidazole rings is 1. The van der Waals surface area contributed by atoms with Crippen LogP contribution in [0.1, 0.15) is 20.8 Å². The van der Waals surface area contributed by atoms with Crippen LogP contribution < -0.4 is 21.5 Å². The molecule has 1 saturated heterocycles. The third-order valence-electron chi connectivity index (χ3n) is 4.61. The summed E-state index contributed by atoms with van der Waals surface area (Å²) in [5.74, 6) is 0.759. The molecule has 0 amide bonds. The highest BCUT2D eigenvalue weighted by Crippen LogP contribution is 2.20. The second-order valence-electron chi connectivity index (χ2n) is 6.60. The van der Waals surface area contributed by atoms with Gasteiger partial charge in [0.05, 0.1) is 0 Å². The Labute approximate surface area is 146 Å². The maximum Gasteiger partial charge on any atom is 0.332 e. The van der Waals surface area contributed by atoms with Crippen LogP contribution in [0.25, 0.3) is 11.2 Å². The van der Waals surface area contributed by atoms with Gasteiger partial charge in [0.15, 0.2) is 11.2 Å². The Morgan fingerprint density at radius 2 is 1.88 bits per heavy atom. The molecule has 0 unspecified atom stereocenters. The standard InChI is InChI=1S/C17H26N6O2/c1-5-22-15(24)13-14(20(4)17(22)25)19-16(21-10-7-18-8-11-21)23(13)9-6-12(2)3/h6,18H,5,7-11H2,1-4H3. The number of hydrogen-bond donors (Lipinski definition) is 1. The number of fused-ring (bicyclic) bond motifs is 1. The Kier molecular flexibility index (Phi) is 4.80. The zero-order valence-electron chi connectivity index (χ0n) is 15.4. The number of aromatic nitrogens is 4. The van der Waals surface area contributed by atoms with Crippen LogP contribution in [0.5, 0.6) is 0 Å². The summed E-state index contributed by atoms with van der Waals surface area (Å²) in [6, 6.07) is 0. The second kappa shape index (κ2) is 6.87. The molecule has 136 valence electrons. The number of aryl methyl sites for hydroxylation is 1. The summed E-state index contributed by atoms with van der Waals surface area (Å²) in [5.41, 5.74) is 1.54. The van der Waals surface area contributed by atoms with Crippen molar-refractivity contribution in [2.45, 2.75) is 33.9 Å². The first-order valence-electron chi connectivity index (χ1n) is 8.74. The molecule has 0 atom stereocenters. The van der Waals surface area contributed by atoms with Gasteiger partial charge in [-0.15, -0.1) is 0 Å². The van der Waals surface area contributed by atoms with Gasteiger partial charge in [-0.1, -0.05) is 11.6 Å². The quantitative estimate of drug-likeness (QED) is 0.806. The highest BCUT2D eigenvalue weighted by molar-refractivity contribution is 5.74. The van der Waals surface area contributed by atoms with Crippen molar-refractivity contribution in [3.05, 3.63) is 32.5 Å². The Morgan fingerprint density at radius 1 is 1.20 bits per heavy atom. The van der Waals surface area contributed by atoms with Gasteiger partial charge < -0.3 is 14.8 Å². The van der Waals surface area contributed by atoms with Crippen molar-refractivity contribution in [2.75, 3.05) is 31.1 Å². The monoisotopic (exact) mass is 346 g/mol. The molecule has 25 heavy (non-hydrogen) atoms. The van der Waals surface area contributed by atoms with Gasteiger partial charge in [-0.2, -0.15) is 4.98 Å². The minimum Gasteiger partial charge on any atom is -0.340 e. The van der Waals surface area contributed by atoms with Crippen molar-refractivity contribution < 1.29 is 0 Å². The van der Waals surface area contributed by atoms with Gasteiger partial charge >= 0.3 is 5.69 Å². The summed E-state index contributed by atoms with van der Waals surface area (Å²) in [5, 5.41) is 3.33. The van der Waals surface area contributed by atoms with Crippen LogP contribution in [-0.4, -0.2) is 44.9 Å². The van der Waals surface area contributed by atoms with Gasteiger partial charge in [-0.3, -0.25) is 13.9 Å². The summed E-state index contributed by atoms with van der Waals surface area (Å²) in [4.78, 5) is 32.2. The molecule has 1 fully saturated rings. The maximum absolute atomic E-state index is 12.9. The fourth-order valence-electron chi connectivity index (χ4n) is 3.19. The molecule has 1 aliphatic heterocycles. The summed E-state index contributed by atoms with van der Waals surface area (Å²) in [7, 11) is 1.68. The fourth-order valence-corrected chi connectivity index (χ4v) is 3.19. The van der Waals surface area contributed by atoms with Gasteiger partial charge in [-0.25, -0.2) is 4.79 Å². The molecule has 2 aromatic rings. The molecule has 0 aliphatic carbocycles. The number of rotatable bonds is 4. The predicted molar refractivity (Wildman–Crippen MR) is 99.4 cm³/mol. The molecule has 3 heterocycles. The van der Waals surface area contributed by atoms with Crippen molar-refractivity contribution in [3.63, 3.8) is 0 Å². The molecule has 0 spiro atoms. The van der Waals surface area contributed by atoms with E-state index in [9.17, 15) is 9.59 Å². The molecule has 0 saturated carbocycles. The van der Waals surface area contributed by atoms with E-state index in [0.717, 1.165) is 32.1 Å². The molecule has 8 nitrogen and oxygen atoms in total. The van der Waals surface area contributed by atoms with E-state index in [1.165, 1.54) is 14.7 Å². The lowest BCUT2D eigenvalue weighted by atomic mass is 10.3. The average molecular weight is 346 g/mol. The van der Waals surface area contributed by atoms with Gasteiger partial charge in [-0.05, 0) is 20.8 Å². The summed E-state index contributed by atoms with van der Waals surface area (Å²) in [6.07, 6.45) is 2.08. The smallest absolute Gasteiger partial charge is 0.332 e. The highest BCUT2D eigenvalue weighted by atomic mass is 16.2. The van der Waals surface area contributed by atoms with Gasteiger partial charge in [0, 0.05) is 46.3 Å². The number of allylic oxidation sites excluding steroid dienone is 2. The van der Waals surface area contributed by atoms with Crippen LogP contribution >= 0.6 is 0 Å². The van der Waals surface area contributed by atoms with E-state index in [4.69, 9.17) is 4.98 Å². The number of nitrogens with zero attached hydrogens (tertiary/aromatic N) is 5. The first kappa shape index (κ1) is 17.5. The zero-order valence-corrected chi connectivity index (χ0v) is 15.4. The summed E-state index contributed by atoms with van der Waals surface area (Å²) < 4.78 is 4.69. The Bertz CT molecular complexity index is 923. The Balaban J connectivity index is 2.31. The predicted octanol–water partition coefficient (Wildman–Crippen LogP) is 0.292. The van der Waals surface area contributed by atoms with E-state index < -0.39 is 0 Å². The van der Waals surface area contributed by atoms with E-state index >= 15 is 0 Å². The van der Waals surface area contributed by atoms with Crippen molar-refractivity contribution in [3.8, 4) is 0 Å². The number of piperazine rings is 1. The molecule has 1 aliphatic rings. The lowest BCUT2D eigenvalue weighted by Crippen LogP contribution is -2.44. The van der Waals surface area contributed by atoms with Crippen LogP contribution in [0, 0.1) is 0 Å². The minimum atomic E-state index is -0.321. The summed E-state index contributed by atoms with van der Waals surface area (Å²) in [6.45, 7) is 10.2. The maximum atomic E-state index is 12.9. The molecule has 1 N–H and O–H groups in total. The molecular weight excluding hydrogens is 320 g/mol. The van der Waals surface area contributed by atoms with Crippen LogP contribution in [0.3, 0.4) is 0 Å². The van der Waals surface area contributed by atoms with E-state index in [2.05, 4.69) is 16.3 Å². The van der Waals surface area contributed by atoms with E-state index in [1.807, 2.05) is 25.3 Å². The number of anilines is 1. The van der Waals surface area contributed by atoms with Crippen LogP contribution in [-0.2, 0) is 20.1 Å². The van der Waals surface area contributed by atoms with E-state index in [-0.39, 0.29) is 11.2 Å². The molecule has 3 rings (SSSR count). The molecule has 0 radical (unpaired) electrons. The van der Waals surface area contributed by atoms with Crippen LogP contribution in [0.15, 0.2) is 21.2 Å². The molecule has 0 bridgehead atoms. The number of nitrogens with one attached hydrogen (secondary N) is 1. The topological polar surface area (TPSA) is 77.1 Å². The Hall–Kier alpha value is -2.35. The van der Waals surface area contributed by atoms with Crippen molar-refractivity contribution in [1.29, 1.82) is 0 Å². The van der Waals surface area contributed by atoms with Crippen molar-refractivity contribution in [1.82, 2.24) is 24.0 Å². The fraction of sp³-hybridized carbons (Fsp3) is 0.588. The molecule has 8 heteroatoms. The Morgan fingerprint density at radius 3 is 2.48 bits per heavy atom. The lowest BCUT2D eigenvalue weighted by molar-refractivity contribution is 0.572. The highest BCUT2D eigenvalue weighted by Gasteiger charge is 2.23. The SMILES string of the molecule is CCn1c(=O)c2c(nc(N3CCNCC3)n2CC=C(C)C)n(C)c1=O. The summed E-state index contributed by atoms with van der Waals surface area (Å²) >= 11 is 0. The van der Waals surface area contributed by atoms with Gasteiger partial charge in [0.1, 0.15) is 0 Å². The molecular formula is C17H26N6O2. The van der Waals surface area contributed by atoms with E-state index in [0.29, 0.717) is 24.3 Å².